The predicted molar refractivity (Wildman–Crippen MR) is 266 cm³/mol. The molecule has 62 heavy (non-hydrogen) atoms. The lowest BCUT2D eigenvalue weighted by Crippen LogP contribution is -2.10. The van der Waals surface area contributed by atoms with E-state index in [1.54, 1.807) is 0 Å². The van der Waals surface area contributed by atoms with E-state index in [1.807, 2.05) is 24.4 Å². The van der Waals surface area contributed by atoms with Crippen molar-refractivity contribution in [1.82, 2.24) is 0 Å². The van der Waals surface area contributed by atoms with Gasteiger partial charge in [0.15, 0.2) is 0 Å². The van der Waals surface area contributed by atoms with Crippen molar-refractivity contribution < 1.29 is 0 Å². The van der Waals surface area contributed by atoms with E-state index in [9.17, 15) is 0 Å². The minimum atomic E-state index is 1.05. The number of nitrogens with zero attached hydrogens (tertiary/aromatic N) is 1. The molecule has 0 heterocycles. The lowest BCUT2D eigenvalue weighted by molar-refractivity contribution is 1.28. The first-order chi connectivity index (χ1) is 30.7. The molecule has 0 unspecified atom stereocenters. The summed E-state index contributed by atoms with van der Waals surface area (Å²) in [5.41, 5.74) is 17.2. The fourth-order valence-electron chi connectivity index (χ4n) is 7.76. The van der Waals surface area contributed by atoms with E-state index >= 15 is 0 Å². The Hall–Kier alpha value is -8.20. The maximum absolute atomic E-state index is 3.35. The van der Waals surface area contributed by atoms with Gasteiger partial charge in [0.2, 0.25) is 0 Å². The number of rotatable bonds is 13. The van der Waals surface area contributed by atoms with Gasteiger partial charge in [0.25, 0.3) is 0 Å². The molecule has 0 bridgehead atoms. The molecule has 0 saturated carbocycles. The van der Waals surface area contributed by atoms with E-state index in [-0.39, 0.29) is 0 Å². The van der Waals surface area contributed by atoms with Crippen LogP contribution in [0.15, 0.2) is 267 Å². The summed E-state index contributed by atoms with van der Waals surface area (Å²) in [6.45, 7) is 0. The minimum absolute atomic E-state index is 1.05. The zero-order chi connectivity index (χ0) is 41.8. The van der Waals surface area contributed by atoms with Gasteiger partial charge in [0.05, 0.1) is 0 Å². The van der Waals surface area contributed by atoms with Crippen molar-refractivity contribution in [3.8, 4) is 44.5 Å². The maximum Gasteiger partial charge on any atom is 0.0468 e. The Morgan fingerprint density at radius 3 is 1.35 bits per heavy atom. The number of para-hydroxylation sites is 1. The summed E-state index contributed by atoms with van der Waals surface area (Å²) in [5.74, 6) is 0. The predicted octanol–water partition coefficient (Wildman–Crippen LogP) is 16.5. The molecule has 0 atom stereocenters. The van der Waals surface area contributed by atoms with Gasteiger partial charge in [-0.3, -0.25) is 0 Å². The minimum Gasteiger partial charge on any atom is -0.362 e. The summed E-state index contributed by atoms with van der Waals surface area (Å²) in [6.07, 6.45) is 10.5. The highest BCUT2D eigenvalue weighted by molar-refractivity contribution is 5.90. The molecular formula is C60H46N2. The Balaban J connectivity index is 1.05. The Labute approximate surface area is 365 Å². The second-order valence-corrected chi connectivity index (χ2v) is 15.1. The topological polar surface area (TPSA) is 15.3 Å². The van der Waals surface area contributed by atoms with Gasteiger partial charge < -0.3 is 10.2 Å². The van der Waals surface area contributed by atoms with E-state index in [2.05, 4.69) is 259 Å². The lowest BCUT2D eigenvalue weighted by Gasteiger charge is -2.27. The van der Waals surface area contributed by atoms with Gasteiger partial charge in [0.1, 0.15) is 0 Å². The second kappa shape index (κ2) is 19.2. The molecule has 0 amide bonds. The Morgan fingerprint density at radius 2 is 0.806 bits per heavy atom. The van der Waals surface area contributed by atoms with E-state index in [4.69, 9.17) is 0 Å². The zero-order valence-corrected chi connectivity index (χ0v) is 34.4. The summed E-state index contributed by atoms with van der Waals surface area (Å²) in [7, 11) is 0. The van der Waals surface area contributed by atoms with Crippen molar-refractivity contribution >= 4 is 34.4 Å². The highest BCUT2D eigenvalue weighted by Gasteiger charge is 2.17. The normalized spacial score (nSPS) is 11.5. The zero-order valence-electron chi connectivity index (χ0n) is 34.4. The molecule has 2 nitrogen and oxygen atoms in total. The third-order valence-corrected chi connectivity index (χ3v) is 11.0. The molecule has 9 aromatic rings. The summed E-state index contributed by atoms with van der Waals surface area (Å²) in [5, 5.41) is 3.35. The summed E-state index contributed by atoms with van der Waals surface area (Å²) < 4.78 is 0. The molecule has 0 fully saturated rings. The van der Waals surface area contributed by atoms with Crippen molar-refractivity contribution in [2.75, 3.05) is 10.2 Å². The van der Waals surface area contributed by atoms with Gasteiger partial charge in [-0.2, -0.15) is 0 Å². The smallest absolute Gasteiger partial charge is 0.0468 e. The van der Waals surface area contributed by atoms with Crippen LogP contribution in [0.3, 0.4) is 0 Å². The summed E-state index contributed by atoms with van der Waals surface area (Å²) >= 11 is 0. The van der Waals surface area contributed by atoms with Crippen LogP contribution in [0, 0.1) is 0 Å². The molecule has 0 aliphatic carbocycles. The molecule has 0 radical (unpaired) electrons. The number of anilines is 4. The molecule has 0 saturated heterocycles. The summed E-state index contributed by atoms with van der Waals surface area (Å²) in [6, 6.07) is 86.1. The molecule has 0 aliphatic rings. The average molecular weight is 795 g/mol. The Morgan fingerprint density at radius 1 is 0.371 bits per heavy atom. The fourth-order valence-corrected chi connectivity index (χ4v) is 7.76. The van der Waals surface area contributed by atoms with E-state index in [0.717, 1.165) is 45.0 Å². The molecule has 0 aliphatic heterocycles. The molecular weight excluding hydrogens is 749 g/mol. The molecule has 0 aromatic heterocycles. The maximum atomic E-state index is 3.35. The van der Waals surface area contributed by atoms with Crippen molar-refractivity contribution in [1.29, 1.82) is 0 Å². The number of nitrogens with one attached hydrogen (secondary N) is 1. The summed E-state index contributed by atoms with van der Waals surface area (Å²) in [4.78, 5) is 2.36. The van der Waals surface area contributed by atoms with Crippen LogP contribution >= 0.6 is 0 Å². The fraction of sp³-hybridized carbons (Fsp3) is 0. The van der Waals surface area contributed by atoms with Crippen LogP contribution < -0.4 is 10.2 Å². The Bertz CT molecular complexity index is 2820. The van der Waals surface area contributed by atoms with Gasteiger partial charge in [-0.25, -0.2) is 0 Å². The largest absolute Gasteiger partial charge is 0.362 e. The van der Waals surface area contributed by atoms with Crippen LogP contribution in [-0.4, -0.2) is 0 Å². The highest BCUT2D eigenvalue weighted by atomic mass is 15.1. The number of allylic oxidation sites excluding steroid dienone is 4. The Kier molecular flexibility index (Phi) is 12.2. The first-order valence-electron chi connectivity index (χ1n) is 21.1. The van der Waals surface area contributed by atoms with Gasteiger partial charge in [0, 0.05) is 28.9 Å². The molecule has 2 heteroatoms. The SMILES string of the molecule is C(=C/c1ccc(-c2ccc(N(c3ccc(-c4ccccc4)cc3)c3ccc(-c4ccccc4)cc3)cc2-c2ccccc2)cc1)/C(=C\C=C\Nc1ccccc1)c1ccccc1. The molecule has 9 aromatic carbocycles. The standard InChI is InChI=1S/C60H46N2/c1-6-17-47(18-7-1)50(25-16-44-61-55-26-14-5-15-27-55)31-28-46-29-32-54(33-30-46)59-43-42-58(45-60(59)53-23-12-4-13-24-53)62(56-38-34-51(35-39-56)48-19-8-2-9-20-48)57-40-36-52(37-41-57)49-21-10-3-11-22-49/h1-45,61H/b31-28-,44-16+,50-25+. The van der Waals surface area contributed by atoms with E-state index in [1.165, 1.54) is 38.9 Å². The van der Waals surface area contributed by atoms with Crippen LogP contribution in [0.4, 0.5) is 22.7 Å². The highest BCUT2D eigenvalue weighted by Crippen LogP contribution is 2.41. The number of benzene rings is 9. The second-order valence-electron chi connectivity index (χ2n) is 15.1. The van der Waals surface area contributed by atoms with Gasteiger partial charge in [-0.1, -0.05) is 212 Å². The first-order valence-corrected chi connectivity index (χ1v) is 21.1. The van der Waals surface area contributed by atoms with Crippen LogP contribution in [0.25, 0.3) is 56.2 Å². The molecule has 9 rings (SSSR count). The monoisotopic (exact) mass is 794 g/mol. The molecule has 0 spiro atoms. The average Bonchev–Trinajstić information content (AvgIpc) is 3.36. The first kappa shape index (κ1) is 39.3. The van der Waals surface area contributed by atoms with Crippen molar-refractivity contribution in [3.05, 3.63) is 278 Å². The van der Waals surface area contributed by atoms with Crippen molar-refractivity contribution in [3.63, 3.8) is 0 Å². The van der Waals surface area contributed by atoms with Crippen molar-refractivity contribution in [2.24, 2.45) is 0 Å². The van der Waals surface area contributed by atoms with Gasteiger partial charge in [-0.15, -0.1) is 0 Å². The van der Waals surface area contributed by atoms with Gasteiger partial charge >= 0.3 is 0 Å². The van der Waals surface area contributed by atoms with Crippen LogP contribution in [0.1, 0.15) is 11.1 Å². The van der Waals surface area contributed by atoms with Crippen molar-refractivity contribution in [2.45, 2.75) is 0 Å². The molecule has 1 N–H and O–H groups in total. The van der Waals surface area contributed by atoms with E-state index in [0.29, 0.717) is 0 Å². The van der Waals surface area contributed by atoms with Gasteiger partial charge in [-0.05, 0) is 116 Å². The van der Waals surface area contributed by atoms with Crippen LogP contribution in [-0.2, 0) is 0 Å². The lowest BCUT2D eigenvalue weighted by atomic mass is 9.93. The van der Waals surface area contributed by atoms with Crippen LogP contribution in [0.2, 0.25) is 0 Å². The third-order valence-electron chi connectivity index (χ3n) is 11.0. The van der Waals surface area contributed by atoms with Crippen LogP contribution in [0.5, 0.6) is 0 Å². The third kappa shape index (κ3) is 9.47. The quantitative estimate of drug-likeness (QED) is 0.117. The number of hydrogen-bond donors (Lipinski definition) is 1. The number of hydrogen-bond acceptors (Lipinski definition) is 2. The molecule has 296 valence electrons. The van der Waals surface area contributed by atoms with E-state index < -0.39 is 0 Å².